The van der Waals surface area contributed by atoms with Crippen LogP contribution in [0.2, 0.25) is 0 Å². The normalized spacial score (nSPS) is 25.1. The molecule has 0 aromatic heterocycles. The second kappa shape index (κ2) is 4.91. The second-order valence-corrected chi connectivity index (χ2v) is 7.97. The van der Waals surface area contributed by atoms with Gasteiger partial charge in [0.05, 0.1) is 13.2 Å². The third kappa shape index (κ3) is 3.67. The third-order valence-electron chi connectivity index (χ3n) is 1.25. The van der Waals surface area contributed by atoms with Crippen molar-refractivity contribution in [1.29, 1.82) is 0 Å². The first-order valence-corrected chi connectivity index (χ1v) is 8.72. The van der Waals surface area contributed by atoms with Gasteiger partial charge >= 0.3 is 23.3 Å². The average molecular weight is 301 g/mol. The van der Waals surface area contributed by atoms with Crippen LogP contribution in [0.4, 0.5) is 16.8 Å². The topological polar surface area (TPSA) is 55.5 Å². The zero-order valence-corrected chi connectivity index (χ0v) is 11.1. The minimum absolute atomic E-state index is 0.0826. The van der Waals surface area contributed by atoms with E-state index in [1.54, 1.807) is 0 Å². The first-order valence-electron chi connectivity index (χ1n) is 4.23. The van der Waals surface area contributed by atoms with Gasteiger partial charge in [-0.05, 0) is 13.8 Å². The minimum atomic E-state index is -5.38. The van der Waals surface area contributed by atoms with Crippen molar-refractivity contribution in [2.75, 3.05) is 13.2 Å². The van der Waals surface area contributed by atoms with E-state index in [0.717, 1.165) is 0 Å². The summed E-state index contributed by atoms with van der Waals surface area (Å²) < 4.78 is 69.3. The molecule has 0 amide bonds. The van der Waals surface area contributed by atoms with Crippen molar-refractivity contribution >= 4 is 23.3 Å². The van der Waals surface area contributed by atoms with Crippen molar-refractivity contribution in [2.24, 2.45) is 13.5 Å². The van der Waals surface area contributed by atoms with Crippen LogP contribution in [0.5, 0.6) is 0 Å². The van der Waals surface area contributed by atoms with Crippen LogP contribution < -0.4 is 0 Å². The summed E-state index contributed by atoms with van der Waals surface area (Å²) in [5.74, 6) is 0. The molecular formula is C4H10F4N3O2P3. The summed E-state index contributed by atoms with van der Waals surface area (Å²) in [5, 5.41) is 0. The molecule has 1 aliphatic rings. The predicted molar refractivity (Wildman–Crippen MR) is 55.7 cm³/mol. The molecule has 0 radical (unpaired) electrons. The lowest BCUT2D eigenvalue weighted by Crippen LogP contribution is -1.94. The van der Waals surface area contributed by atoms with E-state index in [4.69, 9.17) is 9.05 Å². The molecule has 0 N–H and O–H groups in total. The van der Waals surface area contributed by atoms with Gasteiger partial charge in [-0.3, -0.25) is 0 Å². The predicted octanol–water partition coefficient (Wildman–Crippen LogP) is 5.79. The Morgan fingerprint density at radius 3 is 1.62 bits per heavy atom. The Balaban J connectivity index is 3.36. The standard InChI is InChI=1S/C4H10F4N3O2P3/c1-3-12-16(13-4-2)10-14(5,6)9-15(7,8)11-16/h3-4H2,1-2H3. The van der Waals surface area contributed by atoms with Crippen LogP contribution in [0.3, 0.4) is 0 Å². The van der Waals surface area contributed by atoms with Gasteiger partial charge in [0.2, 0.25) is 0 Å². The first-order chi connectivity index (χ1) is 7.24. The highest BCUT2D eigenvalue weighted by Gasteiger charge is 2.40. The van der Waals surface area contributed by atoms with Gasteiger partial charge in [0.25, 0.3) is 0 Å². The summed E-state index contributed by atoms with van der Waals surface area (Å²) in [6.45, 7) is 2.76. The van der Waals surface area contributed by atoms with Crippen molar-refractivity contribution in [3.8, 4) is 0 Å². The molecule has 0 aromatic rings. The molecule has 0 fully saturated rings. The molecule has 16 heavy (non-hydrogen) atoms. The second-order valence-electron chi connectivity index (χ2n) is 2.51. The lowest BCUT2D eigenvalue weighted by molar-refractivity contribution is 0.260. The molecule has 1 rings (SSSR count). The van der Waals surface area contributed by atoms with Crippen molar-refractivity contribution in [3.63, 3.8) is 0 Å². The molecule has 0 bridgehead atoms. The van der Waals surface area contributed by atoms with E-state index >= 15 is 0 Å². The molecule has 0 saturated heterocycles. The summed E-state index contributed by atoms with van der Waals surface area (Å²) in [4.78, 5) is 0. The van der Waals surface area contributed by atoms with E-state index in [1.165, 1.54) is 13.8 Å². The minimum Gasteiger partial charge on any atom is -0.307 e. The molecule has 0 saturated carbocycles. The number of rotatable bonds is 4. The molecule has 0 unspecified atom stereocenters. The maximum Gasteiger partial charge on any atom is 0.425 e. The molecule has 5 nitrogen and oxygen atoms in total. The molecule has 96 valence electrons. The summed E-state index contributed by atoms with van der Waals surface area (Å²) in [5.41, 5.74) is 0. The fraction of sp³-hybridized carbons (Fsp3) is 1.00. The molecule has 0 atom stereocenters. The maximum atomic E-state index is 13.0. The molecular weight excluding hydrogens is 291 g/mol. The highest BCUT2D eigenvalue weighted by atomic mass is 31.3. The fourth-order valence-electron chi connectivity index (χ4n) is 0.932. The Morgan fingerprint density at radius 2 is 1.25 bits per heavy atom. The SMILES string of the molecule is CCOP1(OCC)=NP(F)(F)=NP(F)(F)=N1. The summed E-state index contributed by atoms with van der Waals surface area (Å²) in [7, 11) is -14.6. The highest BCUT2D eigenvalue weighted by molar-refractivity contribution is 7.77. The number of nitrogens with zero attached hydrogens (tertiary/aromatic N) is 3. The van der Waals surface area contributed by atoms with Crippen LogP contribution >= 0.6 is 23.3 Å². The zero-order valence-electron chi connectivity index (χ0n) is 8.43. The van der Waals surface area contributed by atoms with E-state index in [9.17, 15) is 16.8 Å². The molecule has 0 aromatic carbocycles. The molecule has 12 heteroatoms. The number of hydrogen-bond acceptors (Lipinski definition) is 5. The molecule has 0 spiro atoms. The van der Waals surface area contributed by atoms with Gasteiger partial charge in [0.15, 0.2) is 0 Å². The van der Waals surface area contributed by atoms with E-state index in [0.29, 0.717) is 0 Å². The van der Waals surface area contributed by atoms with Crippen molar-refractivity contribution < 1.29 is 25.8 Å². The maximum absolute atomic E-state index is 13.0. The van der Waals surface area contributed by atoms with Gasteiger partial charge in [0.1, 0.15) is 0 Å². The molecule has 1 aliphatic heterocycles. The Bertz CT molecular complexity index is 409. The Morgan fingerprint density at radius 1 is 0.812 bits per heavy atom. The monoisotopic (exact) mass is 301 g/mol. The zero-order chi connectivity index (χ0) is 12.4. The van der Waals surface area contributed by atoms with Gasteiger partial charge in [-0.25, -0.2) is 0 Å². The lowest BCUT2D eigenvalue weighted by atomic mass is 10.9. The van der Waals surface area contributed by atoms with Crippen molar-refractivity contribution in [1.82, 2.24) is 0 Å². The van der Waals surface area contributed by atoms with E-state index in [2.05, 4.69) is 13.5 Å². The van der Waals surface area contributed by atoms with E-state index in [-0.39, 0.29) is 13.2 Å². The highest BCUT2D eigenvalue weighted by Crippen LogP contribution is 2.81. The smallest absolute Gasteiger partial charge is 0.307 e. The number of halogens is 4. The fourth-order valence-corrected chi connectivity index (χ4v) is 7.11. The van der Waals surface area contributed by atoms with Crippen LogP contribution in [0.25, 0.3) is 0 Å². The Hall–Kier alpha value is 0.330. The van der Waals surface area contributed by atoms with Crippen LogP contribution in [-0.4, -0.2) is 13.2 Å². The van der Waals surface area contributed by atoms with Crippen LogP contribution in [-0.2, 0) is 9.05 Å². The lowest BCUT2D eigenvalue weighted by Gasteiger charge is -2.21. The van der Waals surface area contributed by atoms with E-state index < -0.39 is 23.3 Å². The van der Waals surface area contributed by atoms with Crippen molar-refractivity contribution in [2.45, 2.75) is 13.8 Å². The van der Waals surface area contributed by atoms with Gasteiger partial charge in [-0.1, -0.05) is 0 Å². The quantitative estimate of drug-likeness (QED) is 0.487. The molecule has 0 aliphatic carbocycles. The van der Waals surface area contributed by atoms with Crippen LogP contribution in [0, 0.1) is 0 Å². The average Bonchev–Trinajstić information content (AvgIpc) is 1.97. The molecule has 1 heterocycles. The summed E-state index contributed by atoms with van der Waals surface area (Å²) in [6.07, 6.45) is 0. The first kappa shape index (κ1) is 14.4. The van der Waals surface area contributed by atoms with Gasteiger partial charge in [0, 0.05) is 0 Å². The van der Waals surface area contributed by atoms with Gasteiger partial charge < -0.3 is 9.05 Å². The largest absolute Gasteiger partial charge is 0.425 e. The Labute approximate surface area is 90.5 Å². The van der Waals surface area contributed by atoms with Crippen molar-refractivity contribution in [3.05, 3.63) is 0 Å². The third-order valence-corrected chi connectivity index (χ3v) is 7.69. The summed E-state index contributed by atoms with van der Waals surface area (Å²) in [6, 6.07) is 0. The van der Waals surface area contributed by atoms with Crippen LogP contribution in [0.15, 0.2) is 13.5 Å². The summed E-state index contributed by atoms with van der Waals surface area (Å²) >= 11 is 0. The Kier molecular flexibility index (Phi) is 4.41. The number of hydrogen-bond donors (Lipinski definition) is 0. The van der Waals surface area contributed by atoms with E-state index in [1.807, 2.05) is 0 Å². The van der Waals surface area contributed by atoms with Crippen LogP contribution in [0.1, 0.15) is 13.8 Å². The van der Waals surface area contributed by atoms with Gasteiger partial charge in [-0.2, -0.15) is 0 Å². The van der Waals surface area contributed by atoms with Gasteiger partial charge in [-0.15, -0.1) is 30.3 Å².